The quantitative estimate of drug-likeness (QED) is 0.632. The lowest BCUT2D eigenvalue weighted by Gasteiger charge is -2.56. The molecule has 27 heavy (non-hydrogen) atoms. The first-order chi connectivity index (χ1) is 12.5. The number of Topliss-reactive ketones (excluding diaryl/α,β-unsaturated/α-hetero) is 2. The van der Waals surface area contributed by atoms with Crippen molar-refractivity contribution < 1.29 is 24.9 Å². The molecule has 5 heteroatoms. The first-order valence-corrected chi connectivity index (χ1v) is 10.2. The number of allylic oxidation sites excluding steroid dienone is 2. The van der Waals surface area contributed by atoms with E-state index in [1.54, 1.807) is 6.92 Å². The number of fused-ring (bicyclic) bond motifs is 5. The Morgan fingerprint density at radius 2 is 1.70 bits per heavy atom. The summed E-state index contributed by atoms with van der Waals surface area (Å²) in [4.78, 5) is 25.4. The van der Waals surface area contributed by atoms with Gasteiger partial charge in [-0.15, -0.1) is 0 Å². The normalized spacial score (nSPS) is 46.8. The second-order valence-corrected chi connectivity index (χ2v) is 9.82. The number of rotatable bonds is 1. The van der Waals surface area contributed by atoms with Crippen LogP contribution in [0.5, 0.6) is 0 Å². The molecule has 7 atom stereocenters. The summed E-state index contributed by atoms with van der Waals surface area (Å²) < 4.78 is 0. The Balaban J connectivity index is 1.77. The van der Waals surface area contributed by atoms with Crippen molar-refractivity contribution in [3.8, 4) is 0 Å². The average Bonchev–Trinajstić information content (AvgIpc) is 2.88. The Hall–Kier alpha value is -1.78. The molecule has 4 rings (SSSR count). The molecule has 0 aromatic rings. The SMILES string of the molecule is CC(=O)[C@H]1[C@@H](C)C[C@H]2[C@@H]3CCC4=C(O)C(O)=C(O)C(=O)[C@]4(C)[C@H]3CC[C@@]21C. The van der Waals surface area contributed by atoms with E-state index in [0.29, 0.717) is 23.8 Å². The van der Waals surface area contributed by atoms with Crippen molar-refractivity contribution in [2.24, 2.45) is 40.4 Å². The third kappa shape index (κ3) is 2.11. The third-order valence-electron chi connectivity index (χ3n) is 8.74. The Morgan fingerprint density at radius 1 is 1.04 bits per heavy atom. The number of ketones is 2. The zero-order valence-corrected chi connectivity index (χ0v) is 16.6. The molecule has 4 aliphatic rings. The van der Waals surface area contributed by atoms with Gasteiger partial charge in [-0.25, -0.2) is 0 Å². The molecule has 0 radical (unpaired) electrons. The van der Waals surface area contributed by atoms with Gasteiger partial charge in [-0.3, -0.25) is 9.59 Å². The zero-order chi connectivity index (χ0) is 19.9. The van der Waals surface area contributed by atoms with Gasteiger partial charge < -0.3 is 15.3 Å². The second kappa shape index (κ2) is 5.62. The molecule has 0 spiro atoms. The predicted molar refractivity (Wildman–Crippen MR) is 100 cm³/mol. The van der Waals surface area contributed by atoms with Crippen molar-refractivity contribution in [3.63, 3.8) is 0 Å². The highest BCUT2D eigenvalue weighted by Crippen LogP contribution is 2.67. The van der Waals surface area contributed by atoms with E-state index in [0.717, 1.165) is 25.7 Å². The number of hydrogen-bond donors (Lipinski definition) is 3. The highest BCUT2D eigenvalue weighted by Gasteiger charge is 2.64. The van der Waals surface area contributed by atoms with Gasteiger partial charge in [-0.1, -0.05) is 13.8 Å². The maximum Gasteiger partial charge on any atom is 0.211 e. The first kappa shape index (κ1) is 18.6. The topological polar surface area (TPSA) is 94.8 Å². The number of carbonyl (C=O) groups is 2. The number of hydrogen-bond acceptors (Lipinski definition) is 5. The number of aliphatic hydroxyl groups is 3. The van der Waals surface area contributed by atoms with E-state index in [1.807, 2.05) is 6.92 Å². The molecule has 0 aliphatic heterocycles. The lowest BCUT2D eigenvalue weighted by molar-refractivity contribution is -0.139. The van der Waals surface area contributed by atoms with E-state index >= 15 is 0 Å². The summed E-state index contributed by atoms with van der Waals surface area (Å²) in [6.45, 7) is 7.95. The maximum absolute atomic E-state index is 13.0. The molecule has 0 saturated heterocycles. The fourth-order valence-electron chi connectivity index (χ4n) is 7.71. The van der Waals surface area contributed by atoms with Gasteiger partial charge in [0.2, 0.25) is 17.3 Å². The highest BCUT2D eigenvalue weighted by atomic mass is 16.3. The van der Waals surface area contributed by atoms with Gasteiger partial charge >= 0.3 is 0 Å². The van der Waals surface area contributed by atoms with E-state index in [4.69, 9.17) is 0 Å². The van der Waals surface area contributed by atoms with Gasteiger partial charge in [0.25, 0.3) is 0 Å². The first-order valence-electron chi connectivity index (χ1n) is 10.2. The molecular weight excluding hydrogens is 344 g/mol. The minimum atomic E-state index is -0.970. The summed E-state index contributed by atoms with van der Waals surface area (Å²) in [7, 11) is 0. The van der Waals surface area contributed by atoms with Crippen LogP contribution in [0.3, 0.4) is 0 Å². The second-order valence-electron chi connectivity index (χ2n) is 9.82. The molecule has 4 aliphatic carbocycles. The van der Waals surface area contributed by atoms with E-state index in [2.05, 4.69) is 13.8 Å². The molecule has 3 N–H and O–H groups in total. The van der Waals surface area contributed by atoms with Crippen LogP contribution in [0.4, 0.5) is 0 Å². The van der Waals surface area contributed by atoms with Crippen molar-refractivity contribution in [2.45, 2.75) is 59.8 Å². The standard InChI is InChI=1S/C22H30O5/c1-10-9-15-12-5-6-14-17(24)18(25)19(26)20(27)22(14,4)13(12)7-8-21(15,3)16(10)11(2)23/h10,12-13,15-16,24-26H,5-9H2,1-4H3/t10-,12+,13-,15-,16+,21-,22+/m0/s1. The largest absolute Gasteiger partial charge is 0.504 e. The smallest absolute Gasteiger partial charge is 0.211 e. The van der Waals surface area contributed by atoms with Crippen LogP contribution in [0.15, 0.2) is 22.9 Å². The van der Waals surface area contributed by atoms with E-state index < -0.39 is 22.7 Å². The minimum Gasteiger partial charge on any atom is -0.504 e. The molecule has 0 unspecified atom stereocenters. The van der Waals surface area contributed by atoms with E-state index in [9.17, 15) is 24.9 Å². The summed E-state index contributed by atoms with van der Waals surface area (Å²) >= 11 is 0. The highest BCUT2D eigenvalue weighted by molar-refractivity contribution is 6.02. The molecule has 3 fully saturated rings. The fourth-order valence-corrected chi connectivity index (χ4v) is 7.71. The van der Waals surface area contributed by atoms with Gasteiger partial charge in [0.1, 0.15) is 5.78 Å². The summed E-state index contributed by atoms with van der Waals surface area (Å²) in [5, 5.41) is 30.5. The Morgan fingerprint density at radius 3 is 2.33 bits per heavy atom. The van der Waals surface area contributed by atoms with Gasteiger partial charge in [0.15, 0.2) is 5.76 Å². The molecule has 0 aromatic carbocycles. The fraction of sp³-hybridized carbons (Fsp3) is 0.727. The van der Waals surface area contributed by atoms with Crippen LogP contribution in [0, 0.1) is 40.4 Å². The van der Waals surface area contributed by atoms with Gasteiger partial charge in [0, 0.05) is 5.92 Å². The van der Waals surface area contributed by atoms with Gasteiger partial charge in [-0.2, -0.15) is 0 Å². The third-order valence-corrected chi connectivity index (χ3v) is 8.74. The van der Waals surface area contributed by atoms with Crippen LogP contribution in [0.2, 0.25) is 0 Å². The van der Waals surface area contributed by atoms with Crippen molar-refractivity contribution in [2.75, 3.05) is 0 Å². The molecule has 0 aromatic heterocycles. The van der Waals surface area contributed by atoms with Gasteiger partial charge in [0.05, 0.1) is 5.41 Å². The molecule has 0 amide bonds. The van der Waals surface area contributed by atoms with Crippen molar-refractivity contribution in [1.29, 1.82) is 0 Å². The molecule has 0 bridgehead atoms. The Labute approximate surface area is 160 Å². The number of carbonyl (C=O) groups excluding carboxylic acids is 2. The lowest BCUT2D eigenvalue weighted by Crippen LogP contribution is -2.54. The average molecular weight is 374 g/mol. The van der Waals surface area contributed by atoms with Crippen LogP contribution < -0.4 is 0 Å². The molecule has 5 nitrogen and oxygen atoms in total. The van der Waals surface area contributed by atoms with Crippen molar-refractivity contribution >= 4 is 11.6 Å². The maximum atomic E-state index is 13.0. The van der Waals surface area contributed by atoms with Crippen LogP contribution in [-0.4, -0.2) is 26.9 Å². The molecule has 3 saturated carbocycles. The molecule has 148 valence electrons. The van der Waals surface area contributed by atoms with Crippen LogP contribution >= 0.6 is 0 Å². The Bertz CT molecular complexity index is 793. The lowest BCUT2D eigenvalue weighted by atomic mass is 9.46. The minimum absolute atomic E-state index is 0.0159. The summed E-state index contributed by atoms with van der Waals surface area (Å²) in [5.41, 5.74) is -0.437. The van der Waals surface area contributed by atoms with Gasteiger partial charge in [-0.05, 0) is 80.6 Å². The Kier molecular flexibility index (Phi) is 3.86. The van der Waals surface area contributed by atoms with Crippen molar-refractivity contribution in [1.82, 2.24) is 0 Å². The molecular formula is C22H30O5. The van der Waals surface area contributed by atoms with Crippen LogP contribution in [0.1, 0.15) is 59.8 Å². The zero-order valence-electron chi connectivity index (χ0n) is 16.6. The summed E-state index contributed by atoms with van der Waals surface area (Å²) in [5.74, 6) is -0.832. The van der Waals surface area contributed by atoms with E-state index in [-0.39, 0.29) is 34.7 Å². The molecule has 0 heterocycles. The van der Waals surface area contributed by atoms with E-state index in [1.165, 1.54) is 0 Å². The summed E-state index contributed by atoms with van der Waals surface area (Å²) in [6.07, 6.45) is 4.04. The summed E-state index contributed by atoms with van der Waals surface area (Å²) in [6, 6.07) is 0. The predicted octanol–water partition coefficient (Wildman–Crippen LogP) is 4.40. The number of aliphatic hydroxyl groups excluding tert-OH is 3. The van der Waals surface area contributed by atoms with Crippen LogP contribution in [-0.2, 0) is 9.59 Å². The van der Waals surface area contributed by atoms with Crippen molar-refractivity contribution in [3.05, 3.63) is 22.9 Å². The van der Waals surface area contributed by atoms with Crippen LogP contribution in [0.25, 0.3) is 0 Å². The monoisotopic (exact) mass is 374 g/mol.